The first-order valence-electron chi connectivity index (χ1n) is 6.17. The summed E-state index contributed by atoms with van der Waals surface area (Å²) in [6, 6.07) is 4.92. The van der Waals surface area contributed by atoms with Gasteiger partial charge in [0, 0.05) is 37.4 Å². The second-order valence-electron chi connectivity index (χ2n) is 4.81. The Labute approximate surface area is 103 Å². The molecule has 0 amide bonds. The molecule has 1 aromatic rings. The van der Waals surface area contributed by atoms with Crippen molar-refractivity contribution in [2.75, 3.05) is 13.7 Å². The minimum atomic E-state index is 0.371. The fourth-order valence-corrected chi connectivity index (χ4v) is 2.35. The predicted molar refractivity (Wildman–Crippen MR) is 67.9 cm³/mol. The lowest BCUT2D eigenvalue weighted by Gasteiger charge is -2.36. The Hall–Kier alpha value is -1.13. The standard InChI is InChI=1S/C13H21N3O/c1-10-7-12(14)5-6-16(10)9-11-3-4-13(17-2)15-8-11/h3-4,8,10,12H,5-7,9,14H2,1-2H3. The van der Waals surface area contributed by atoms with Crippen LogP contribution in [-0.2, 0) is 6.54 Å². The van der Waals surface area contributed by atoms with Gasteiger partial charge < -0.3 is 10.5 Å². The third-order valence-corrected chi connectivity index (χ3v) is 3.45. The predicted octanol–water partition coefficient (Wildman–Crippen LogP) is 1.40. The molecular formula is C13H21N3O. The van der Waals surface area contributed by atoms with Gasteiger partial charge in [0.15, 0.2) is 0 Å². The summed E-state index contributed by atoms with van der Waals surface area (Å²) < 4.78 is 5.05. The van der Waals surface area contributed by atoms with Gasteiger partial charge in [-0.3, -0.25) is 4.90 Å². The number of hydrogen-bond donors (Lipinski definition) is 1. The van der Waals surface area contributed by atoms with Crippen molar-refractivity contribution in [2.24, 2.45) is 5.73 Å². The van der Waals surface area contributed by atoms with E-state index in [9.17, 15) is 0 Å². The topological polar surface area (TPSA) is 51.4 Å². The molecule has 2 atom stereocenters. The Morgan fingerprint density at radius 2 is 2.35 bits per heavy atom. The molecule has 17 heavy (non-hydrogen) atoms. The lowest BCUT2D eigenvalue weighted by Crippen LogP contribution is -2.44. The largest absolute Gasteiger partial charge is 0.481 e. The Balaban J connectivity index is 1.95. The summed E-state index contributed by atoms with van der Waals surface area (Å²) in [5.74, 6) is 0.669. The number of aromatic nitrogens is 1. The summed E-state index contributed by atoms with van der Waals surface area (Å²) in [5, 5.41) is 0. The maximum absolute atomic E-state index is 5.96. The van der Waals surface area contributed by atoms with Crippen molar-refractivity contribution in [2.45, 2.75) is 38.4 Å². The van der Waals surface area contributed by atoms with Crippen molar-refractivity contribution in [3.8, 4) is 5.88 Å². The van der Waals surface area contributed by atoms with E-state index in [0.29, 0.717) is 18.0 Å². The van der Waals surface area contributed by atoms with E-state index in [1.165, 1.54) is 5.56 Å². The fourth-order valence-electron chi connectivity index (χ4n) is 2.35. The molecule has 0 spiro atoms. The van der Waals surface area contributed by atoms with Gasteiger partial charge in [-0.15, -0.1) is 0 Å². The number of nitrogens with zero attached hydrogens (tertiary/aromatic N) is 2. The van der Waals surface area contributed by atoms with Crippen LogP contribution in [0.25, 0.3) is 0 Å². The second kappa shape index (κ2) is 5.47. The summed E-state index contributed by atoms with van der Waals surface area (Å²) in [7, 11) is 1.64. The molecule has 1 aliphatic rings. The highest BCUT2D eigenvalue weighted by atomic mass is 16.5. The maximum atomic E-state index is 5.96. The summed E-state index contributed by atoms with van der Waals surface area (Å²) in [6.45, 7) is 4.27. The summed E-state index contributed by atoms with van der Waals surface area (Å²) in [5.41, 5.74) is 7.19. The fraction of sp³-hybridized carbons (Fsp3) is 0.615. The van der Waals surface area contributed by atoms with E-state index in [4.69, 9.17) is 10.5 Å². The van der Waals surface area contributed by atoms with Gasteiger partial charge in [-0.1, -0.05) is 6.07 Å². The molecule has 2 N–H and O–H groups in total. The van der Waals surface area contributed by atoms with Crippen molar-refractivity contribution in [3.05, 3.63) is 23.9 Å². The molecule has 1 saturated heterocycles. The smallest absolute Gasteiger partial charge is 0.212 e. The maximum Gasteiger partial charge on any atom is 0.212 e. The van der Waals surface area contributed by atoms with E-state index in [2.05, 4.69) is 22.9 Å². The molecule has 2 rings (SSSR count). The molecule has 2 heterocycles. The minimum absolute atomic E-state index is 0.371. The Morgan fingerprint density at radius 1 is 1.53 bits per heavy atom. The molecule has 0 aliphatic carbocycles. The number of hydrogen-bond acceptors (Lipinski definition) is 4. The highest BCUT2D eigenvalue weighted by molar-refractivity contribution is 5.17. The van der Waals surface area contributed by atoms with Crippen LogP contribution in [0.1, 0.15) is 25.3 Å². The Bertz CT molecular complexity index is 352. The van der Waals surface area contributed by atoms with Crippen LogP contribution >= 0.6 is 0 Å². The molecule has 0 aromatic carbocycles. The van der Waals surface area contributed by atoms with Crippen LogP contribution in [0.5, 0.6) is 5.88 Å². The number of ether oxygens (including phenoxy) is 1. The average Bonchev–Trinajstić information content (AvgIpc) is 2.34. The number of rotatable bonds is 3. The third kappa shape index (κ3) is 3.17. The Kier molecular flexibility index (Phi) is 3.97. The number of nitrogens with two attached hydrogens (primary N) is 1. The zero-order chi connectivity index (χ0) is 12.3. The van der Waals surface area contributed by atoms with E-state index in [-0.39, 0.29) is 0 Å². The monoisotopic (exact) mass is 235 g/mol. The van der Waals surface area contributed by atoms with E-state index in [1.807, 2.05) is 12.3 Å². The first-order chi connectivity index (χ1) is 8.19. The lowest BCUT2D eigenvalue weighted by molar-refractivity contribution is 0.140. The summed E-state index contributed by atoms with van der Waals surface area (Å²) in [6.07, 6.45) is 4.07. The van der Waals surface area contributed by atoms with Crippen molar-refractivity contribution in [1.29, 1.82) is 0 Å². The van der Waals surface area contributed by atoms with Crippen molar-refractivity contribution in [1.82, 2.24) is 9.88 Å². The SMILES string of the molecule is COc1ccc(CN2CCC(N)CC2C)cn1. The van der Waals surface area contributed by atoms with Crippen LogP contribution in [0, 0.1) is 0 Å². The zero-order valence-corrected chi connectivity index (χ0v) is 10.6. The molecular weight excluding hydrogens is 214 g/mol. The van der Waals surface area contributed by atoms with Gasteiger partial charge >= 0.3 is 0 Å². The van der Waals surface area contributed by atoms with Gasteiger partial charge in [0.1, 0.15) is 0 Å². The molecule has 2 unspecified atom stereocenters. The third-order valence-electron chi connectivity index (χ3n) is 3.45. The highest BCUT2D eigenvalue weighted by Crippen LogP contribution is 2.19. The van der Waals surface area contributed by atoms with Crippen LogP contribution < -0.4 is 10.5 Å². The summed E-state index contributed by atoms with van der Waals surface area (Å²) in [4.78, 5) is 6.69. The van der Waals surface area contributed by atoms with Crippen LogP contribution in [0.3, 0.4) is 0 Å². The van der Waals surface area contributed by atoms with E-state index < -0.39 is 0 Å². The van der Waals surface area contributed by atoms with Gasteiger partial charge in [0.05, 0.1) is 7.11 Å². The van der Waals surface area contributed by atoms with Gasteiger partial charge in [-0.2, -0.15) is 0 Å². The number of methoxy groups -OCH3 is 1. The average molecular weight is 235 g/mol. The molecule has 94 valence electrons. The summed E-state index contributed by atoms with van der Waals surface area (Å²) >= 11 is 0. The number of piperidine rings is 1. The molecule has 0 bridgehead atoms. The first-order valence-corrected chi connectivity index (χ1v) is 6.17. The molecule has 4 nitrogen and oxygen atoms in total. The van der Waals surface area contributed by atoms with Gasteiger partial charge in [-0.05, 0) is 25.3 Å². The normalized spacial score (nSPS) is 25.8. The molecule has 1 aromatic heterocycles. The number of pyridine rings is 1. The molecule has 1 fully saturated rings. The van der Waals surface area contributed by atoms with Gasteiger partial charge in [-0.25, -0.2) is 4.98 Å². The van der Waals surface area contributed by atoms with Crippen LogP contribution in [-0.4, -0.2) is 35.6 Å². The molecule has 0 radical (unpaired) electrons. The molecule has 1 aliphatic heterocycles. The van der Waals surface area contributed by atoms with Crippen LogP contribution in [0.2, 0.25) is 0 Å². The zero-order valence-electron chi connectivity index (χ0n) is 10.6. The highest BCUT2D eigenvalue weighted by Gasteiger charge is 2.22. The van der Waals surface area contributed by atoms with Gasteiger partial charge in [0.2, 0.25) is 5.88 Å². The van der Waals surface area contributed by atoms with Gasteiger partial charge in [0.25, 0.3) is 0 Å². The second-order valence-corrected chi connectivity index (χ2v) is 4.81. The van der Waals surface area contributed by atoms with Crippen LogP contribution in [0.15, 0.2) is 18.3 Å². The lowest BCUT2D eigenvalue weighted by atomic mass is 9.99. The minimum Gasteiger partial charge on any atom is -0.481 e. The first kappa shape index (κ1) is 12.3. The van der Waals surface area contributed by atoms with E-state index in [1.54, 1.807) is 7.11 Å². The van der Waals surface area contributed by atoms with E-state index in [0.717, 1.165) is 25.9 Å². The molecule has 4 heteroatoms. The van der Waals surface area contributed by atoms with Crippen molar-refractivity contribution >= 4 is 0 Å². The van der Waals surface area contributed by atoms with E-state index >= 15 is 0 Å². The molecule has 0 saturated carbocycles. The number of likely N-dealkylation sites (tertiary alicyclic amines) is 1. The van der Waals surface area contributed by atoms with Crippen LogP contribution in [0.4, 0.5) is 0 Å². The Morgan fingerprint density at radius 3 is 2.94 bits per heavy atom. The quantitative estimate of drug-likeness (QED) is 0.860. The van der Waals surface area contributed by atoms with Crippen molar-refractivity contribution < 1.29 is 4.74 Å². The van der Waals surface area contributed by atoms with Crippen molar-refractivity contribution in [3.63, 3.8) is 0 Å².